The number of aromatic nitrogens is 4. The summed E-state index contributed by atoms with van der Waals surface area (Å²) in [5.74, 6) is 1.13. The molecule has 0 unspecified atom stereocenters. The number of nitrogens with zero attached hydrogens (tertiary/aromatic N) is 3. The molecule has 3 heterocycles. The fraction of sp³-hybridized carbons (Fsp3) is 0.208. The number of pyridine rings is 2. The summed E-state index contributed by atoms with van der Waals surface area (Å²) in [6, 6.07) is 8.95. The summed E-state index contributed by atoms with van der Waals surface area (Å²) in [4.78, 5) is 37.7. The van der Waals surface area contributed by atoms with Crippen LogP contribution in [0.4, 0.5) is 0 Å². The molecule has 34 heavy (non-hydrogen) atoms. The number of methoxy groups -OCH3 is 2. The summed E-state index contributed by atoms with van der Waals surface area (Å²) in [6.45, 7) is 3.40. The van der Waals surface area contributed by atoms with E-state index in [9.17, 15) is 4.79 Å². The molecule has 0 fully saturated rings. The Balaban J connectivity index is 0.00000103. The molecule has 10 nitrogen and oxygen atoms in total. The number of rotatable bonds is 8. The Morgan fingerprint density at radius 3 is 2.59 bits per heavy atom. The fourth-order valence-corrected chi connectivity index (χ4v) is 3.30. The maximum atomic E-state index is 13.1. The molecule has 10 heteroatoms. The van der Waals surface area contributed by atoms with Crippen molar-refractivity contribution in [1.82, 2.24) is 25.3 Å². The molecule has 0 saturated carbocycles. The van der Waals surface area contributed by atoms with Crippen LogP contribution in [0.2, 0.25) is 0 Å². The predicted molar refractivity (Wildman–Crippen MR) is 126 cm³/mol. The molecule has 176 valence electrons. The summed E-state index contributed by atoms with van der Waals surface area (Å²) in [5.41, 5.74) is 4.38. The zero-order valence-corrected chi connectivity index (χ0v) is 19.0. The van der Waals surface area contributed by atoms with Crippen molar-refractivity contribution >= 4 is 23.3 Å². The third kappa shape index (κ3) is 5.54. The second-order valence-corrected chi connectivity index (χ2v) is 7.04. The molecule has 0 spiro atoms. The lowest BCUT2D eigenvalue weighted by Gasteiger charge is -2.06. The lowest BCUT2D eigenvalue weighted by Crippen LogP contribution is -2.11. The van der Waals surface area contributed by atoms with Crippen LogP contribution < -0.4 is 14.8 Å². The van der Waals surface area contributed by atoms with Crippen LogP contribution >= 0.6 is 0 Å². The highest BCUT2D eigenvalue weighted by Crippen LogP contribution is 2.31. The van der Waals surface area contributed by atoms with Gasteiger partial charge in [0.15, 0.2) is 17.3 Å². The van der Waals surface area contributed by atoms with E-state index in [1.165, 1.54) is 0 Å². The van der Waals surface area contributed by atoms with Crippen molar-refractivity contribution in [2.75, 3.05) is 20.8 Å². The maximum Gasteiger partial charge on any atom is 0.290 e. The Morgan fingerprint density at radius 2 is 1.88 bits per heavy atom. The van der Waals surface area contributed by atoms with Crippen LogP contribution in [0.5, 0.6) is 11.5 Å². The van der Waals surface area contributed by atoms with Gasteiger partial charge in [0.05, 0.1) is 30.9 Å². The van der Waals surface area contributed by atoms with Gasteiger partial charge in [-0.05, 0) is 30.3 Å². The van der Waals surface area contributed by atoms with Crippen molar-refractivity contribution in [1.29, 1.82) is 0 Å². The third-order valence-corrected chi connectivity index (χ3v) is 4.89. The first-order valence-corrected chi connectivity index (χ1v) is 10.4. The van der Waals surface area contributed by atoms with Gasteiger partial charge in [-0.3, -0.25) is 19.6 Å². The summed E-state index contributed by atoms with van der Waals surface area (Å²) < 4.78 is 10.6. The van der Waals surface area contributed by atoms with Gasteiger partial charge in [0, 0.05) is 48.4 Å². The molecule has 1 aromatic carbocycles. The van der Waals surface area contributed by atoms with E-state index in [-0.39, 0.29) is 18.1 Å². The quantitative estimate of drug-likeness (QED) is 0.266. The first kappa shape index (κ1) is 24.3. The molecule has 0 bridgehead atoms. The molecule has 4 rings (SSSR count). The van der Waals surface area contributed by atoms with Crippen LogP contribution in [-0.2, 0) is 11.3 Å². The number of ether oxygens (including phenoxy) is 2. The Hall–Kier alpha value is -4.31. The molecule has 3 aromatic heterocycles. The highest BCUT2D eigenvalue weighted by atomic mass is 16.5. The number of H-pyrrole nitrogens is 1. The smallest absolute Gasteiger partial charge is 0.290 e. The highest BCUT2D eigenvalue weighted by Gasteiger charge is 2.17. The number of nitrogens with one attached hydrogen (secondary N) is 2. The average Bonchev–Trinajstić information content (AvgIpc) is 3.29. The molecule has 0 aliphatic carbocycles. The number of benzene rings is 1. The van der Waals surface area contributed by atoms with E-state index in [0.717, 1.165) is 24.2 Å². The molecule has 4 aromatic rings. The molecular formula is C24H25N5O5. The van der Waals surface area contributed by atoms with E-state index >= 15 is 0 Å². The summed E-state index contributed by atoms with van der Waals surface area (Å²) in [6.07, 6.45) is 5.18. The third-order valence-electron chi connectivity index (χ3n) is 4.89. The van der Waals surface area contributed by atoms with Crippen molar-refractivity contribution in [3.05, 3.63) is 65.9 Å². The normalized spacial score (nSPS) is 10.3. The SMILES string of the molecule is CCNCc1cncc(-c2cc(C(=O)c3nc4cc(OC)c(OC)cc4[nH]3)ccn2)c1.O=CO. The Kier molecular flexibility index (Phi) is 8.25. The molecular weight excluding hydrogens is 438 g/mol. The van der Waals surface area contributed by atoms with Gasteiger partial charge in [-0.25, -0.2) is 4.98 Å². The number of ketones is 1. The summed E-state index contributed by atoms with van der Waals surface area (Å²) >= 11 is 0. The zero-order valence-electron chi connectivity index (χ0n) is 19.0. The fourth-order valence-electron chi connectivity index (χ4n) is 3.30. The van der Waals surface area contributed by atoms with E-state index in [2.05, 4.69) is 32.2 Å². The number of hydrogen-bond acceptors (Lipinski definition) is 8. The van der Waals surface area contributed by atoms with E-state index < -0.39 is 0 Å². The van der Waals surface area contributed by atoms with Crippen LogP contribution in [0.1, 0.15) is 28.7 Å². The van der Waals surface area contributed by atoms with Crippen LogP contribution in [0.3, 0.4) is 0 Å². The van der Waals surface area contributed by atoms with Crippen molar-refractivity contribution in [2.45, 2.75) is 13.5 Å². The van der Waals surface area contributed by atoms with Gasteiger partial charge in [-0.1, -0.05) is 6.92 Å². The van der Waals surface area contributed by atoms with Gasteiger partial charge in [0.2, 0.25) is 5.78 Å². The van der Waals surface area contributed by atoms with Gasteiger partial charge in [-0.15, -0.1) is 0 Å². The van der Waals surface area contributed by atoms with Gasteiger partial charge >= 0.3 is 0 Å². The minimum atomic E-state index is -0.250. The minimum Gasteiger partial charge on any atom is -0.493 e. The average molecular weight is 463 g/mol. The van der Waals surface area contributed by atoms with Crippen molar-refractivity contribution in [2.24, 2.45) is 0 Å². The van der Waals surface area contributed by atoms with Gasteiger partial charge < -0.3 is 24.9 Å². The van der Waals surface area contributed by atoms with Crippen LogP contribution in [-0.4, -0.2) is 58.1 Å². The van der Waals surface area contributed by atoms with Crippen molar-refractivity contribution in [3.63, 3.8) is 0 Å². The van der Waals surface area contributed by atoms with Gasteiger partial charge in [-0.2, -0.15) is 0 Å². The molecule has 0 aliphatic heterocycles. The lowest BCUT2D eigenvalue weighted by molar-refractivity contribution is -0.122. The van der Waals surface area contributed by atoms with Crippen LogP contribution in [0.25, 0.3) is 22.3 Å². The van der Waals surface area contributed by atoms with Crippen LogP contribution in [0.15, 0.2) is 48.9 Å². The topological polar surface area (TPSA) is 139 Å². The number of aromatic amines is 1. The Labute approximate surface area is 196 Å². The number of fused-ring (bicyclic) bond motifs is 1. The predicted octanol–water partition coefficient (Wildman–Crippen LogP) is 3.08. The molecule has 3 N–H and O–H groups in total. The van der Waals surface area contributed by atoms with E-state index in [1.54, 1.807) is 50.9 Å². The van der Waals surface area contributed by atoms with E-state index in [1.807, 2.05) is 12.3 Å². The number of carboxylic acid groups (broad SMARTS) is 1. The second-order valence-electron chi connectivity index (χ2n) is 7.04. The minimum absolute atomic E-state index is 0.227. The standard InChI is InChI=1S/C23H23N5O3.CH2O2/c1-4-24-11-14-7-16(13-25-12-14)17-8-15(5-6-26-17)22(29)23-27-18-9-20(30-2)21(31-3)10-19(18)28-23;2-1-3/h5-10,12-13,24H,4,11H2,1-3H3,(H,27,28);1H,(H,2,3). The second kappa shape index (κ2) is 11.5. The number of carbonyl (C=O) groups excluding carboxylic acids is 1. The first-order chi connectivity index (χ1) is 16.5. The first-order valence-electron chi connectivity index (χ1n) is 10.4. The maximum absolute atomic E-state index is 13.1. The summed E-state index contributed by atoms with van der Waals surface area (Å²) in [5, 5.41) is 10.2. The number of hydrogen-bond donors (Lipinski definition) is 3. The van der Waals surface area contributed by atoms with Gasteiger partial charge in [0.25, 0.3) is 6.47 Å². The van der Waals surface area contributed by atoms with E-state index in [4.69, 9.17) is 19.4 Å². The lowest BCUT2D eigenvalue weighted by atomic mass is 10.1. The van der Waals surface area contributed by atoms with Crippen molar-refractivity contribution in [3.8, 4) is 22.8 Å². The molecule has 0 radical (unpaired) electrons. The molecule has 0 amide bonds. The number of imidazole rings is 1. The van der Waals surface area contributed by atoms with Crippen LogP contribution in [0, 0.1) is 0 Å². The molecule has 0 atom stereocenters. The molecule has 0 saturated heterocycles. The monoisotopic (exact) mass is 463 g/mol. The summed E-state index contributed by atoms with van der Waals surface area (Å²) in [7, 11) is 3.12. The highest BCUT2D eigenvalue weighted by molar-refractivity contribution is 6.08. The number of carbonyl (C=O) groups is 2. The van der Waals surface area contributed by atoms with Crippen molar-refractivity contribution < 1.29 is 24.2 Å². The molecule has 0 aliphatic rings. The largest absolute Gasteiger partial charge is 0.493 e. The Morgan fingerprint density at radius 1 is 1.15 bits per heavy atom. The van der Waals surface area contributed by atoms with E-state index in [0.29, 0.717) is 33.8 Å². The Bertz CT molecular complexity index is 1250. The van der Waals surface area contributed by atoms with Gasteiger partial charge in [0.1, 0.15) is 0 Å². The zero-order chi connectivity index (χ0) is 24.5.